The highest BCUT2D eigenvalue weighted by atomic mass is 32.2. The molecule has 0 aliphatic carbocycles. The molecular formula is C22H20N6O2S2. The topological polar surface area (TPSA) is 84.2 Å². The Kier molecular flexibility index (Phi) is 5.87. The maximum Gasteiger partial charge on any atom is 0.264 e. The van der Waals surface area contributed by atoms with Crippen molar-refractivity contribution in [3.05, 3.63) is 65.2 Å². The second kappa shape index (κ2) is 9.09. The average Bonchev–Trinajstić information content (AvgIpc) is 3.53. The number of nitrogens with zero attached hydrogens (tertiary/aromatic N) is 6. The van der Waals surface area contributed by atoms with Crippen molar-refractivity contribution in [2.75, 3.05) is 31.9 Å². The molecule has 5 rings (SSSR count). The van der Waals surface area contributed by atoms with Crippen LogP contribution in [0.3, 0.4) is 0 Å². The average molecular weight is 465 g/mol. The first-order valence-electron chi connectivity index (χ1n) is 10.2. The normalized spacial score (nSPS) is 14.1. The van der Waals surface area contributed by atoms with Gasteiger partial charge in [0.2, 0.25) is 5.91 Å². The molecule has 0 saturated carbocycles. The smallest absolute Gasteiger partial charge is 0.264 e. The lowest BCUT2D eigenvalue weighted by atomic mass is 10.3. The second-order valence-electron chi connectivity index (χ2n) is 7.25. The Balaban J connectivity index is 1.21. The zero-order valence-corrected chi connectivity index (χ0v) is 18.8. The molecular weight excluding hydrogens is 444 g/mol. The number of rotatable bonds is 5. The van der Waals surface area contributed by atoms with Crippen molar-refractivity contribution >= 4 is 45.9 Å². The lowest BCUT2D eigenvalue weighted by Crippen LogP contribution is -2.51. The molecule has 162 valence electrons. The molecule has 0 radical (unpaired) electrons. The first-order valence-corrected chi connectivity index (χ1v) is 12.0. The number of carbonyl (C=O) groups excluding carboxylic acids is 2. The van der Waals surface area contributed by atoms with Crippen LogP contribution in [0.1, 0.15) is 9.67 Å². The quantitative estimate of drug-likeness (QED) is 0.334. The summed E-state index contributed by atoms with van der Waals surface area (Å²) in [5.41, 5.74) is 1.63. The molecule has 0 spiro atoms. The number of thioether (sulfide) groups is 1. The van der Waals surface area contributed by atoms with Gasteiger partial charge in [0.25, 0.3) is 5.91 Å². The number of hydrogen-bond acceptors (Lipinski definition) is 7. The van der Waals surface area contributed by atoms with E-state index in [0.29, 0.717) is 31.8 Å². The number of piperazine rings is 1. The number of fused-ring (bicyclic) bond motifs is 1. The number of thiophene rings is 1. The van der Waals surface area contributed by atoms with Crippen molar-refractivity contribution in [1.29, 1.82) is 0 Å². The lowest BCUT2D eigenvalue weighted by Gasteiger charge is -2.34. The van der Waals surface area contributed by atoms with Crippen molar-refractivity contribution in [3.8, 4) is 5.69 Å². The van der Waals surface area contributed by atoms with Crippen LogP contribution < -0.4 is 0 Å². The van der Waals surface area contributed by atoms with Crippen molar-refractivity contribution in [3.63, 3.8) is 0 Å². The molecule has 0 bridgehead atoms. The molecule has 0 N–H and O–H groups in total. The highest BCUT2D eigenvalue weighted by Crippen LogP contribution is 2.26. The van der Waals surface area contributed by atoms with Gasteiger partial charge in [-0.2, -0.15) is 5.10 Å². The lowest BCUT2D eigenvalue weighted by molar-refractivity contribution is -0.129. The highest BCUT2D eigenvalue weighted by Gasteiger charge is 2.25. The Bertz CT molecular complexity index is 1230. The minimum atomic E-state index is 0.0419. The maximum atomic E-state index is 12.8. The number of carbonyl (C=O) groups is 2. The third-order valence-corrected chi connectivity index (χ3v) is 7.16. The van der Waals surface area contributed by atoms with E-state index in [1.807, 2.05) is 57.6 Å². The standard InChI is InChI=1S/C22H20N6O2S2/c29-19(26-8-10-27(11-9-26)22(30)18-7-4-12-31-18)14-32-21-17-13-25-28(20(17)23-15-24-21)16-5-2-1-3-6-16/h1-7,12-13,15H,8-11,14H2. The molecule has 8 nitrogen and oxygen atoms in total. The van der Waals surface area contributed by atoms with Crippen molar-refractivity contribution in [1.82, 2.24) is 29.5 Å². The van der Waals surface area contributed by atoms with E-state index in [9.17, 15) is 9.59 Å². The van der Waals surface area contributed by atoms with Gasteiger partial charge in [-0.3, -0.25) is 9.59 Å². The summed E-state index contributed by atoms with van der Waals surface area (Å²) in [6, 6.07) is 13.5. The minimum absolute atomic E-state index is 0.0419. The van der Waals surface area contributed by atoms with Gasteiger partial charge in [0.15, 0.2) is 5.65 Å². The molecule has 32 heavy (non-hydrogen) atoms. The van der Waals surface area contributed by atoms with Crippen LogP contribution in [0.2, 0.25) is 0 Å². The number of aromatic nitrogens is 4. The molecule has 4 aromatic rings. The largest absolute Gasteiger partial charge is 0.338 e. The van der Waals surface area contributed by atoms with E-state index in [4.69, 9.17) is 0 Å². The summed E-state index contributed by atoms with van der Waals surface area (Å²) >= 11 is 2.84. The Morgan fingerprint density at radius 2 is 1.75 bits per heavy atom. The fraction of sp³-hybridized carbons (Fsp3) is 0.227. The van der Waals surface area contributed by atoms with Crippen molar-refractivity contribution in [2.24, 2.45) is 0 Å². The molecule has 1 aliphatic heterocycles. The van der Waals surface area contributed by atoms with Crippen LogP contribution in [0.25, 0.3) is 16.7 Å². The maximum absolute atomic E-state index is 12.8. The summed E-state index contributed by atoms with van der Waals surface area (Å²) in [5.74, 6) is 0.363. The monoisotopic (exact) mass is 464 g/mol. The molecule has 1 aromatic carbocycles. The molecule has 4 heterocycles. The summed E-state index contributed by atoms with van der Waals surface area (Å²) in [5, 5.41) is 7.91. The summed E-state index contributed by atoms with van der Waals surface area (Å²) < 4.78 is 1.77. The number of benzene rings is 1. The summed E-state index contributed by atoms with van der Waals surface area (Å²) in [6.45, 7) is 2.19. The van der Waals surface area contributed by atoms with Crippen LogP contribution in [-0.2, 0) is 4.79 Å². The Labute approximate surface area is 192 Å². The highest BCUT2D eigenvalue weighted by molar-refractivity contribution is 8.00. The third kappa shape index (κ3) is 4.11. The molecule has 0 atom stereocenters. The van der Waals surface area contributed by atoms with Gasteiger partial charge in [-0.1, -0.05) is 36.0 Å². The molecule has 1 saturated heterocycles. The van der Waals surface area contributed by atoms with Gasteiger partial charge in [0.05, 0.1) is 27.9 Å². The van der Waals surface area contributed by atoms with Crippen LogP contribution in [-0.4, -0.2) is 73.3 Å². The van der Waals surface area contributed by atoms with Gasteiger partial charge in [0, 0.05) is 26.2 Å². The molecule has 3 aromatic heterocycles. The first-order chi connectivity index (χ1) is 15.7. The van der Waals surface area contributed by atoms with Crippen LogP contribution in [0.4, 0.5) is 0 Å². The zero-order chi connectivity index (χ0) is 21.9. The summed E-state index contributed by atoms with van der Waals surface area (Å²) in [6.07, 6.45) is 3.25. The SMILES string of the molecule is O=C(CSc1ncnc2c1cnn2-c1ccccc1)N1CCN(C(=O)c2cccs2)CC1. The molecule has 10 heteroatoms. The summed E-state index contributed by atoms with van der Waals surface area (Å²) in [7, 11) is 0. The molecule has 1 fully saturated rings. The zero-order valence-electron chi connectivity index (χ0n) is 17.1. The van der Waals surface area contributed by atoms with E-state index in [2.05, 4.69) is 15.1 Å². The van der Waals surface area contributed by atoms with Crippen LogP contribution >= 0.6 is 23.1 Å². The van der Waals surface area contributed by atoms with E-state index >= 15 is 0 Å². The first kappa shape index (κ1) is 20.7. The van der Waals surface area contributed by atoms with Crippen LogP contribution in [0.15, 0.2) is 65.4 Å². The minimum Gasteiger partial charge on any atom is -0.338 e. The molecule has 2 amide bonds. The van der Waals surface area contributed by atoms with Gasteiger partial charge < -0.3 is 9.80 Å². The number of para-hydroxylation sites is 1. The van der Waals surface area contributed by atoms with Crippen molar-refractivity contribution in [2.45, 2.75) is 5.03 Å². The fourth-order valence-electron chi connectivity index (χ4n) is 3.63. The van der Waals surface area contributed by atoms with Crippen LogP contribution in [0.5, 0.6) is 0 Å². The molecule has 1 aliphatic rings. The van der Waals surface area contributed by atoms with Gasteiger partial charge >= 0.3 is 0 Å². The van der Waals surface area contributed by atoms with E-state index in [0.717, 1.165) is 21.0 Å². The predicted molar refractivity (Wildman–Crippen MR) is 124 cm³/mol. The Hall–Kier alpha value is -3.24. The summed E-state index contributed by atoms with van der Waals surface area (Å²) in [4.78, 5) is 38.4. The third-order valence-electron chi connectivity index (χ3n) is 5.31. The van der Waals surface area contributed by atoms with Crippen LogP contribution in [0, 0.1) is 0 Å². The number of amides is 2. The second-order valence-corrected chi connectivity index (χ2v) is 9.16. The van der Waals surface area contributed by atoms with Gasteiger partial charge in [-0.15, -0.1) is 11.3 Å². The van der Waals surface area contributed by atoms with Gasteiger partial charge in [-0.05, 0) is 23.6 Å². The molecule has 0 unspecified atom stereocenters. The van der Waals surface area contributed by atoms with E-state index in [-0.39, 0.29) is 17.6 Å². The van der Waals surface area contributed by atoms with Gasteiger partial charge in [-0.25, -0.2) is 14.6 Å². The van der Waals surface area contributed by atoms with Gasteiger partial charge in [0.1, 0.15) is 11.4 Å². The van der Waals surface area contributed by atoms with E-state index < -0.39 is 0 Å². The Morgan fingerprint density at radius 3 is 2.50 bits per heavy atom. The number of hydrogen-bond donors (Lipinski definition) is 0. The Morgan fingerprint density at radius 1 is 0.969 bits per heavy atom. The fourth-order valence-corrected chi connectivity index (χ4v) is 5.19. The van der Waals surface area contributed by atoms with Crippen molar-refractivity contribution < 1.29 is 9.59 Å². The predicted octanol–water partition coefficient (Wildman–Crippen LogP) is 2.95. The van der Waals surface area contributed by atoms with E-state index in [1.165, 1.54) is 29.4 Å². The van der Waals surface area contributed by atoms with E-state index in [1.54, 1.807) is 10.9 Å².